The second-order valence-electron chi connectivity index (χ2n) is 9.92. The Kier molecular flexibility index (Phi) is 6.26. The fourth-order valence-corrected chi connectivity index (χ4v) is 5.35. The van der Waals surface area contributed by atoms with Gasteiger partial charge in [-0.05, 0) is 37.4 Å². The Hall–Kier alpha value is -3.54. The maximum Gasteiger partial charge on any atom is 0.193 e. The van der Waals surface area contributed by atoms with E-state index in [-0.39, 0.29) is 18.0 Å². The van der Waals surface area contributed by atoms with Gasteiger partial charge >= 0.3 is 0 Å². The smallest absolute Gasteiger partial charge is 0.193 e. The van der Waals surface area contributed by atoms with E-state index in [1.54, 1.807) is 0 Å². The van der Waals surface area contributed by atoms with Crippen LogP contribution in [0.4, 0.5) is 0 Å². The molecule has 3 aromatic carbocycles. The zero-order valence-electron chi connectivity index (χ0n) is 20.6. The second-order valence-corrected chi connectivity index (χ2v) is 9.92. The zero-order chi connectivity index (χ0) is 24.5. The molecule has 2 aliphatic heterocycles. The molecular weight excluding hydrogens is 446 g/mol. The van der Waals surface area contributed by atoms with E-state index in [0.29, 0.717) is 11.1 Å². The molecule has 0 radical (unpaired) electrons. The van der Waals surface area contributed by atoms with Gasteiger partial charge in [-0.3, -0.25) is 4.79 Å². The van der Waals surface area contributed by atoms with Crippen LogP contribution in [-0.4, -0.2) is 46.5 Å². The van der Waals surface area contributed by atoms with Crippen molar-refractivity contribution in [2.24, 2.45) is 0 Å². The molecule has 5 heteroatoms. The molecule has 1 fully saturated rings. The average Bonchev–Trinajstić information content (AvgIpc) is 3.30. The molecule has 1 atom stereocenters. The normalized spacial score (nSPS) is 18.3. The lowest BCUT2D eigenvalue weighted by Gasteiger charge is -2.32. The Morgan fingerprint density at radius 3 is 2.33 bits per heavy atom. The van der Waals surface area contributed by atoms with Gasteiger partial charge in [0, 0.05) is 42.5 Å². The molecule has 182 valence electrons. The van der Waals surface area contributed by atoms with Crippen molar-refractivity contribution in [1.29, 1.82) is 0 Å². The molecule has 0 N–H and O–H groups in total. The molecule has 3 heterocycles. The number of hydrogen-bond donors (Lipinski definition) is 0. The van der Waals surface area contributed by atoms with Crippen molar-refractivity contribution in [3.8, 4) is 11.3 Å². The van der Waals surface area contributed by atoms with Crippen LogP contribution < -0.4 is 0 Å². The van der Waals surface area contributed by atoms with Crippen molar-refractivity contribution in [3.05, 3.63) is 113 Å². The third kappa shape index (κ3) is 4.52. The van der Waals surface area contributed by atoms with E-state index in [9.17, 15) is 4.79 Å². The number of aryl methyl sites for hydroxylation is 2. The van der Waals surface area contributed by atoms with E-state index in [1.807, 2.05) is 54.6 Å². The van der Waals surface area contributed by atoms with Gasteiger partial charge in [-0.25, -0.2) is 4.98 Å². The molecule has 1 unspecified atom stereocenters. The number of aromatic nitrogens is 2. The molecule has 0 spiro atoms. The highest BCUT2D eigenvalue weighted by atomic mass is 16.5. The van der Waals surface area contributed by atoms with Crippen molar-refractivity contribution in [3.63, 3.8) is 0 Å². The Bertz CT molecular complexity index is 1350. The van der Waals surface area contributed by atoms with Crippen LogP contribution in [-0.2, 0) is 17.7 Å². The number of benzene rings is 3. The summed E-state index contributed by atoms with van der Waals surface area (Å²) in [5, 5.41) is 0. The number of likely N-dealkylation sites (tertiary alicyclic amines) is 1. The summed E-state index contributed by atoms with van der Waals surface area (Å²) in [5.74, 6) is 1.00. The minimum absolute atomic E-state index is 0.0333. The van der Waals surface area contributed by atoms with Gasteiger partial charge in [-0.15, -0.1) is 0 Å². The van der Waals surface area contributed by atoms with E-state index in [4.69, 9.17) is 9.72 Å². The van der Waals surface area contributed by atoms with Crippen LogP contribution in [0.3, 0.4) is 0 Å². The summed E-state index contributed by atoms with van der Waals surface area (Å²) < 4.78 is 9.07. The van der Waals surface area contributed by atoms with Gasteiger partial charge < -0.3 is 14.2 Å². The summed E-state index contributed by atoms with van der Waals surface area (Å²) in [6, 6.07) is 25.8. The molecule has 0 saturated carbocycles. The number of imidazole rings is 1. The molecule has 2 aliphatic rings. The lowest BCUT2D eigenvalue weighted by atomic mass is 9.99. The molecule has 6 rings (SSSR count). The van der Waals surface area contributed by atoms with Gasteiger partial charge in [0.05, 0.1) is 11.8 Å². The van der Waals surface area contributed by atoms with Gasteiger partial charge in [0.25, 0.3) is 0 Å². The lowest BCUT2D eigenvalue weighted by Crippen LogP contribution is -2.35. The highest BCUT2D eigenvalue weighted by molar-refractivity contribution is 6.09. The molecule has 0 amide bonds. The number of piperidine rings is 1. The number of fused-ring (bicyclic) bond motifs is 2. The summed E-state index contributed by atoms with van der Waals surface area (Å²) in [6.45, 7) is 3.00. The molecule has 4 aromatic rings. The Morgan fingerprint density at radius 1 is 0.861 bits per heavy atom. The van der Waals surface area contributed by atoms with Crippen LogP contribution in [0.2, 0.25) is 0 Å². The minimum Gasteiger partial charge on any atom is -0.362 e. The molecule has 36 heavy (non-hydrogen) atoms. The fraction of sp³-hybridized carbons (Fsp3) is 0.290. The van der Waals surface area contributed by atoms with Crippen LogP contribution in [0.25, 0.3) is 11.3 Å². The summed E-state index contributed by atoms with van der Waals surface area (Å²) in [4.78, 5) is 20.3. The number of hydrogen-bond acceptors (Lipinski definition) is 4. The third-order valence-electron chi connectivity index (χ3n) is 7.47. The SMILES string of the molecule is CN1CCC(OC2c3ccccc3CCn3cc(-c4ccc(C(=O)c5ccccc5)cc4)nc32)CC1. The first-order chi connectivity index (χ1) is 17.7. The molecule has 1 saturated heterocycles. The van der Waals surface area contributed by atoms with Crippen molar-refractivity contribution in [2.75, 3.05) is 20.1 Å². The first-order valence-corrected chi connectivity index (χ1v) is 12.8. The van der Waals surface area contributed by atoms with Crippen molar-refractivity contribution >= 4 is 5.78 Å². The lowest BCUT2D eigenvalue weighted by molar-refractivity contribution is -0.0275. The summed E-state index contributed by atoms with van der Waals surface area (Å²) >= 11 is 0. The van der Waals surface area contributed by atoms with E-state index in [2.05, 4.69) is 47.0 Å². The fourth-order valence-electron chi connectivity index (χ4n) is 5.35. The van der Waals surface area contributed by atoms with Crippen LogP contribution >= 0.6 is 0 Å². The summed E-state index contributed by atoms with van der Waals surface area (Å²) in [7, 11) is 2.18. The average molecular weight is 478 g/mol. The van der Waals surface area contributed by atoms with Gasteiger partial charge in [-0.1, -0.05) is 78.9 Å². The maximum atomic E-state index is 12.8. The topological polar surface area (TPSA) is 47.4 Å². The number of carbonyl (C=O) groups excluding carboxylic acids is 1. The van der Waals surface area contributed by atoms with Crippen LogP contribution in [0.5, 0.6) is 0 Å². The predicted octanol–water partition coefficient (Wildman–Crippen LogP) is 5.54. The van der Waals surface area contributed by atoms with Crippen molar-refractivity contribution in [2.45, 2.75) is 38.0 Å². The second kappa shape index (κ2) is 9.84. The number of ketones is 1. The number of ether oxygens (including phenoxy) is 1. The Morgan fingerprint density at radius 2 is 1.56 bits per heavy atom. The van der Waals surface area contributed by atoms with Gasteiger partial charge in [-0.2, -0.15) is 0 Å². The highest BCUT2D eigenvalue weighted by Gasteiger charge is 2.30. The maximum absolute atomic E-state index is 12.8. The molecular formula is C31H31N3O2. The number of carbonyl (C=O) groups is 1. The summed E-state index contributed by atoms with van der Waals surface area (Å²) in [6.07, 6.45) is 5.23. The largest absolute Gasteiger partial charge is 0.362 e. The first-order valence-electron chi connectivity index (χ1n) is 12.8. The molecule has 1 aromatic heterocycles. The molecule has 5 nitrogen and oxygen atoms in total. The Balaban J connectivity index is 1.30. The minimum atomic E-state index is -0.176. The summed E-state index contributed by atoms with van der Waals surface area (Å²) in [5.41, 5.74) is 5.88. The number of nitrogens with zero attached hydrogens (tertiary/aromatic N) is 3. The van der Waals surface area contributed by atoms with E-state index in [0.717, 1.165) is 56.0 Å². The van der Waals surface area contributed by atoms with Crippen LogP contribution in [0, 0.1) is 0 Å². The third-order valence-corrected chi connectivity index (χ3v) is 7.47. The van der Waals surface area contributed by atoms with Crippen LogP contribution in [0.15, 0.2) is 85.1 Å². The quantitative estimate of drug-likeness (QED) is 0.354. The van der Waals surface area contributed by atoms with E-state index < -0.39 is 0 Å². The van der Waals surface area contributed by atoms with E-state index in [1.165, 1.54) is 11.1 Å². The monoisotopic (exact) mass is 477 g/mol. The van der Waals surface area contributed by atoms with E-state index >= 15 is 0 Å². The van der Waals surface area contributed by atoms with Crippen LogP contribution in [0.1, 0.15) is 51.8 Å². The standard InChI is InChI=1S/C31H31N3O2/c1-33-18-16-26(17-19-33)36-30-27-10-6-5-7-22(27)15-20-34-21-28(32-31(30)34)23-11-13-25(14-12-23)29(35)24-8-3-2-4-9-24/h2-14,21,26,30H,15-20H2,1H3. The predicted molar refractivity (Wildman–Crippen MR) is 141 cm³/mol. The van der Waals surface area contributed by atoms with Crippen molar-refractivity contribution in [1.82, 2.24) is 14.5 Å². The highest BCUT2D eigenvalue weighted by Crippen LogP contribution is 2.36. The van der Waals surface area contributed by atoms with Crippen molar-refractivity contribution < 1.29 is 9.53 Å². The number of rotatable bonds is 5. The van der Waals surface area contributed by atoms with Gasteiger partial charge in [0.1, 0.15) is 11.9 Å². The Labute approximate surface area is 212 Å². The van der Waals surface area contributed by atoms with Gasteiger partial charge in [0.15, 0.2) is 5.78 Å². The molecule has 0 bridgehead atoms. The molecule has 0 aliphatic carbocycles. The first kappa shape index (κ1) is 22.9. The van der Waals surface area contributed by atoms with Gasteiger partial charge in [0.2, 0.25) is 0 Å². The zero-order valence-corrected chi connectivity index (χ0v) is 20.6.